The predicted molar refractivity (Wildman–Crippen MR) is 122 cm³/mol. The second-order valence-corrected chi connectivity index (χ2v) is 8.31. The Kier molecular flexibility index (Phi) is 6.90. The van der Waals surface area contributed by atoms with Crippen LogP contribution in [0.4, 0.5) is 13.2 Å². The molecule has 0 radical (unpaired) electrons. The molecule has 2 N–H and O–H groups in total. The molecule has 0 atom stereocenters. The van der Waals surface area contributed by atoms with Gasteiger partial charge in [-0.3, -0.25) is 9.20 Å². The summed E-state index contributed by atoms with van der Waals surface area (Å²) in [5.41, 5.74) is -0.559. The van der Waals surface area contributed by atoms with Gasteiger partial charge in [-0.15, -0.1) is 0 Å². The van der Waals surface area contributed by atoms with E-state index in [0.717, 1.165) is 12.1 Å². The molecule has 0 aliphatic heterocycles. The van der Waals surface area contributed by atoms with E-state index in [-0.39, 0.29) is 35.7 Å². The van der Waals surface area contributed by atoms with Gasteiger partial charge < -0.3 is 14.9 Å². The van der Waals surface area contributed by atoms with Crippen molar-refractivity contribution in [2.24, 2.45) is 0 Å². The number of fused-ring (bicyclic) bond motifs is 1. The molecule has 0 fully saturated rings. The molecule has 0 aliphatic carbocycles. The van der Waals surface area contributed by atoms with Crippen LogP contribution in [0.5, 0.6) is 5.75 Å². The standard InChI is InChI=1S/C26H23F3N2O4/c1-16-24(22(34)12-26(14-32,15-33)17-5-2-6-18(27)11-17)31-10-4-9-23(25(31)30-16)35-13-19-20(28)7-3-8-21(19)29/h2-11,32-33H,12-15H2,1H3. The molecule has 0 spiro atoms. The summed E-state index contributed by atoms with van der Waals surface area (Å²) in [6.07, 6.45) is 1.27. The van der Waals surface area contributed by atoms with E-state index in [1.807, 2.05) is 0 Å². The van der Waals surface area contributed by atoms with Crippen LogP contribution in [0, 0.1) is 24.4 Å². The van der Waals surface area contributed by atoms with E-state index < -0.39 is 41.9 Å². The average Bonchev–Trinajstić information content (AvgIpc) is 3.19. The third-order valence-electron chi connectivity index (χ3n) is 6.03. The maximum atomic E-state index is 14.0. The van der Waals surface area contributed by atoms with E-state index in [2.05, 4.69) is 4.98 Å². The highest BCUT2D eigenvalue weighted by Gasteiger charge is 2.36. The first-order valence-electron chi connectivity index (χ1n) is 10.8. The van der Waals surface area contributed by atoms with Crippen LogP contribution in [0.25, 0.3) is 5.65 Å². The number of Topliss-reactive ketones (excluding diaryl/α,β-unsaturated/α-hetero) is 1. The predicted octanol–water partition coefficient (Wildman–Crippen LogP) is 4.13. The van der Waals surface area contributed by atoms with Crippen molar-refractivity contribution in [1.82, 2.24) is 9.38 Å². The van der Waals surface area contributed by atoms with E-state index in [1.165, 1.54) is 34.7 Å². The Bertz CT molecular complexity index is 1360. The van der Waals surface area contributed by atoms with Crippen molar-refractivity contribution in [3.05, 3.63) is 101 Å². The average molecular weight is 484 g/mol. The minimum Gasteiger partial charge on any atom is -0.485 e. The summed E-state index contributed by atoms with van der Waals surface area (Å²) >= 11 is 0. The maximum Gasteiger partial charge on any atom is 0.182 e. The number of rotatable bonds is 9. The van der Waals surface area contributed by atoms with Crippen molar-refractivity contribution in [1.29, 1.82) is 0 Å². The quantitative estimate of drug-likeness (QED) is 0.349. The Labute approximate surface area is 199 Å². The highest BCUT2D eigenvalue weighted by atomic mass is 19.1. The fourth-order valence-electron chi connectivity index (χ4n) is 4.08. The van der Waals surface area contributed by atoms with Gasteiger partial charge in [0.15, 0.2) is 17.2 Å². The smallest absolute Gasteiger partial charge is 0.182 e. The topological polar surface area (TPSA) is 84.1 Å². The fourth-order valence-corrected chi connectivity index (χ4v) is 4.08. The summed E-state index contributed by atoms with van der Waals surface area (Å²) in [5, 5.41) is 20.2. The summed E-state index contributed by atoms with van der Waals surface area (Å²) in [6.45, 7) is 0.0570. The number of halogens is 3. The van der Waals surface area contributed by atoms with Gasteiger partial charge >= 0.3 is 0 Å². The molecule has 0 bridgehead atoms. The van der Waals surface area contributed by atoms with Crippen molar-refractivity contribution >= 4 is 11.4 Å². The Morgan fingerprint density at radius 2 is 1.71 bits per heavy atom. The molecule has 9 heteroatoms. The fraction of sp³-hybridized carbons (Fsp3) is 0.231. The number of imidazole rings is 1. The molecule has 0 unspecified atom stereocenters. The first-order chi connectivity index (χ1) is 16.8. The zero-order valence-electron chi connectivity index (χ0n) is 18.8. The van der Waals surface area contributed by atoms with Gasteiger partial charge in [0.1, 0.15) is 29.8 Å². The molecule has 6 nitrogen and oxygen atoms in total. The maximum absolute atomic E-state index is 14.0. The number of aromatic nitrogens is 2. The molecule has 0 aliphatic rings. The van der Waals surface area contributed by atoms with Crippen LogP contribution in [0.2, 0.25) is 0 Å². The van der Waals surface area contributed by atoms with Crippen molar-refractivity contribution in [3.63, 3.8) is 0 Å². The van der Waals surface area contributed by atoms with E-state index >= 15 is 0 Å². The second kappa shape index (κ2) is 9.89. The van der Waals surface area contributed by atoms with Crippen molar-refractivity contribution in [2.75, 3.05) is 13.2 Å². The Morgan fingerprint density at radius 3 is 2.37 bits per heavy atom. The number of carbonyl (C=O) groups excluding carboxylic acids is 1. The largest absolute Gasteiger partial charge is 0.485 e. The lowest BCUT2D eigenvalue weighted by Gasteiger charge is -2.29. The molecule has 0 saturated heterocycles. The number of hydrogen-bond donors (Lipinski definition) is 2. The lowest BCUT2D eigenvalue weighted by atomic mass is 9.77. The molecule has 4 rings (SSSR count). The molecule has 0 amide bonds. The molecular weight excluding hydrogens is 461 g/mol. The first-order valence-corrected chi connectivity index (χ1v) is 10.8. The highest BCUT2D eigenvalue weighted by Crippen LogP contribution is 2.31. The van der Waals surface area contributed by atoms with Crippen LogP contribution in [0.1, 0.15) is 33.7 Å². The number of aliphatic hydroxyl groups is 2. The van der Waals surface area contributed by atoms with Gasteiger partial charge in [0.2, 0.25) is 0 Å². The van der Waals surface area contributed by atoms with E-state index in [0.29, 0.717) is 11.3 Å². The summed E-state index contributed by atoms with van der Waals surface area (Å²) in [7, 11) is 0. The van der Waals surface area contributed by atoms with E-state index in [1.54, 1.807) is 25.3 Å². The van der Waals surface area contributed by atoms with E-state index in [4.69, 9.17) is 4.74 Å². The van der Waals surface area contributed by atoms with Crippen LogP contribution in [0.15, 0.2) is 60.8 Å². The monoisotopic (exact) mass is 484 g/mol. The third kappa shape index (κ3) is 4.65. The van der Waals surface area contributed by atoms with Crippen LogP contribution < -0.4 is 4.74 Å². The van der Waals surface area contributed by atoms with Crippen LogP contribution in [0.3, 0.4) is 0 Å². The number of ketones is 1. The van der Waals surface area contributed by atoms with Crippen molar-refractivity contribution in [2.45, 2.75) is 25.4 Å². The number of aryl methyl sites for hydroxylation is 1. The van der Waals surface area contributed by atoms with Crippen molar-refractivity contribution < 1.29 is 32.9 Å². The zero-order valence-corrected chi connectivity index (χ0v) is 18.8. The number of nitrogens with zero attached hydrogens (tertiary/aromatic N) is 2. The third-order valence-corrected chi connectivity index (χ3v) is 6.03. The minimum absolute atomic E-state index is 0.185. The van der Waals surface area contributed by atoms with Gasteiger partial charge in [-0.25, -0.2) is 18.2 Å². The molecule has 35 heavy (non-hydrogen) atoms. The number of benzene rings is 2. The van der Waals surface area contributed by atoms with Gasteiger partial charge in [0, 0.05) is 18.0 Å². The summed E-state index contributed by atoms with van der Waals surface area (Å²) in [5.74, 6) is -2.28. The number of aliphatic hydroxyl groups excluding tert-OH is 2. The van der Waals surface area contributed by atoms with Crippen LogP contribution in [-0.4, -0.2) is 38.6 Å². The normalized spacial score (nSPS) is 11.7. The molecule has 0 saturated carbocycles. The Morgan fingerprint density at radius 1 is 1.03 bits per heavy atom. The minimum atomic E-state index is -1.41. The molecule has 4 aromatic rings. The van der Waals surface area contributed by atoms with Gasteiger partial charge in [0.05, 0.1) is 24.5 Å². The number of ether oxygens (including phenoxy) is 1. The SMILES string of the molecule is Cc1nc2c(OCc3c(F)cccc3F)cccn2c1C(=O)CC(CO)(CO)c1cccc(F)c1. The molecule has 182 valence electrons. The van der Waals surface area contributed by atoms with E-state index in [9.17, 15) is 28.2 Å². The summed E-state index contributed by atoms with van der Waals surface area (Å²) in [4.78, 5) is 17.8. The Balaban J connectivity index is 1.67. The number of carbonyl (C=O) groups is 1. The number of pyridine rings is 1. The highest BCUT2D eigenvalue weighted by molar-refractivity contribution is 5.97. The lowest BCUT2D eigenvalue weighted by molar-refractivity contribution is 0.0782. The summed E-state index contributed by atoms with van der Waals surface area (Å²) in [6, 6.07) is 12.1. The first kappa shape index (κ1) is 24.4. The molecule has 2 aromatic heterocycles. The lowest BCUT2D eigenvalue weighted by Crippen LogP contribution is -2.37. The zero-order chi connectivity index (χ0) is 25.2. The van der Waals surface area contributed by atoms with Crippen LogP contribution >= 0.6 is 0 Å². The van der Waals surface area contributed by atoms with Gasteiger partial charge in [0.25, 0.3) is 0 Å². The van der Waals surface area contributed by atoms with Crippen LogP contribution in [-0.2, 0) is 12.0 Å². The van der Waals surface area contributed by atoms with Gasteiger partial charge in [-0.05, 0) is 48.9 Å². The molecule has 2 heterocycles. The molecular formula is C26H23F3N2O4. The van der Waals surface area contributed by atoms with Gasteiger partial charge in [-0.2, -0.15) is 0 Å². The number of hydrogen-bond acceptors (Lipinski definition) is 5. The Hall–Kier alpha value is -3.69. The second-order valence-electron chi connectivity index (χ2n) is 8.31. The summed E-state index contributed by atoms with van der Waals surface area (Å²) < 4.78 is 48.9. The van der Waals surface area contributed by atoms with Gasteiger partial charge in [-0.1, -0.05) is 18.2 Å². The molecule has 2 aromatic carbocycles. The van der Waals surface area contributed by atoms with Crippen molar-refractivity contribution in [3.8, 4) is 5.75 Å².